The smallest absolute Gasteiger partial charge is 0.253 e. The molecule has 0 saturated carbocycles. The topological polar surface area (TPSA) is 44.1 Å². The van der Waals surface area contributed by atoms with Gasteiger partial charge < -0.3 is 4.90 Å². The first-order valence-electron chi connectivity index (χ1n) is 3.87. The molecule has 0 aliphatic heterocycles. The number of halogens is 1. The Labute approximate surface area is 89.4 Å². The van der Waals surface area contributed by atoms with Crippen LogP contribution in [-0.4, -0.2) is 24.9 Å². The van der Waals surface area contributed by atoms with Gasteiger partial charge in [0, 0.05) is 19.7 Å². The van der Waals surface area contributed by atoms with Crippen LogP contribution in [0.3, 0.4) is 0 Å². The maximum absolute atomic E-state index is 11.4. The molecule has 0 radical (unpaired) electrons. The van der Waals surface area contributed by atoms with Crippen molar-refractivity contribution in [2.75, 3.05) is 14.1 Å². The Balaban J connectivity index is 0.00000169. The molecular formula is C10H11ClN2O. The van der Waals surface area contributed by atoms with Gasteiger partial charge in [-0.3, -0.25) is 4.79 Å². The molecule has 0 fully saturated rings. The molecule has 0 aliphatic rings. The van der Waals surface area contributed by atoms with E-state index in [-0.39, 0.29) is 18.3 Å². The van der Waals surface area contributed by atoms with Gasteiger partial charge in [-0.15, -0.1) is 12.4 Å². The quantitative estimate of drug-likeness (QED) is 0.708. The van der Waals surface area contributed by atoms with Crippen LogP contribution in [-0.2, 0) is 0 Å². The van der Waals surface area contributed by atoms with Gasteiger partial charge in [0.15, 0.2) is 0 Å². The number of nitrogens with zero attached hydrogens (tertiary/aromatic N) is 2. The first kappa shape index (κ1) is 12.5. The number of hydrogen-bond acceptors (Lipinski definition) is 2. The van der Waals surface area contributed by atoms with Crippen molar-refractivity contribution in [2.24, 2.45) is 0 Å². The summed E-state index contributed by atoms with van der Waals surface area (Å²) in [6.07, 6.45) is 0. The van der Waals surface area contributed by atoms with Crippen molar-refractivity contribution >= 4 is 18.3 Å². The zero-order valence-corrected chi connectivity index (χ0v) is 8.84. The van der Waals surface area contributed by atoms with E-state index in [0.29, 0.717) is 11.1 Å². The van der Waals surface area contributed by atoms with Gasteiger partial charge in [0.25, 0.3) is 5.91 Å². The zero-order valence-electron chi connectivity index (χ0n) is 8.02. The summed E-state index contributed by atoms with van der Waals surface area (Å²) in [7, 11) is 3.39. The molecule has 0 spiro atoms. The summed E-state index contributed by atoms with van der Waals surface area (Å²) in [5.74, 6) is -0.0514. The summed E-state index contributed by atoms with van der Waals surface area (Å²) in [6, 6.07) is 8.58. The number of rotatable bonds is 1. The second-order valence-electron chi connectivity index (χ2n) is 2.89. The van der Waals surface area contributed by atoms with Crippen molar-refractivity contribution in [1.82, 2.24) is 4.90 Å². The summed E-state index contributed by atoms with van der Waals surface area (Å²) in [5.41, 5.74) is 1.17. The van der Waals surface area contributed by atoms with Crippen LogP contribution in [0.25, 0.3) is 0 Å². The standard InChI is InChI=1S/C10H10N2O.ClH/c1-12(2)10(13)9-5-3-8(7-11)4-6-9;/h3-6H,1-2H3;1H. The Kier molecular flexibility index (Phi) is 4.68. The number of nitriles is 1. The van der Waals surface area contributed by atoms with Gasteiger partial charge in [0.1, 0.15) is 0 Å². The summed E-state index contributed by atoms with van der Waals surface area (Å²) in [4.78, 5) is 12.9. The third kappa shape index (κ3) is 2.75. The third-order valence-corrected chi connectivity index (χ3v) is 1.67. The summed E-state index contributed by atoms with van der Waals surface area (Å²) in [6.45, 7) is 0. The maximum atomic E-state index is 11.4. The highest BCUT2D eigenvalue weighted by atomic mass is 35.5. The molecule has 0 aromatic heterocycles. The molecule has 4 heteroatoms. The molecule has 3 nitrogen and oxygen atoms in total. The van der Waals surface area contributed by atoms with Crippen LogP contribution >= 0.6 is 12.4 Å². The number of carbonyl (C=O) groups excluding carboxylic acids is 1. The lowest BCUT2D eigenvalue weighted by Gasteiger charge is -2.09. The van der Waals surface area contributed by atoms with E-state index in [4.69, 9.17) is 5.26 Å². The van der Waals surface area contributed by atoms with Gasteiger partial charge in [0.05, 0.1) is 11.6 Å². The normalized spacial score (nSPS) is 8.36. The van der Waals surface area contributed by atoms with Gasteiger partial charge in [0.2, 0.25) is 0 Å². The minimum absolute atomic E-state index is 0. The molecule has 1 aromatic carbocycles. The van der Waals surface area contributed by atoms with Crippen molar-refractivity contribution < 1.29 is 4.79 Å². The van der Waals surface area contributed by atoms with E-state index >= 15 is 0 Å². The van der Waals surface area contributed by atoms with Crippen LogP contribution in [0, 0.1) is 11.3 Å². The van der Waals surface area contributed by atoms with Crippen LogP contribution in [0.2, 0.25) is 0 Å². The number of hydrogen-bond donors (Lipinski definition) is 0. The molecule has 0 atom stereocenters. The Morgan fingerprint density at radius 1 is 1.29 bits per heavy atom. The molecule has 1 rings (SSSR count). The molecular weight excluding hydrogens is 200 g/mol. The largest absolute Gasteiger partial charge is 0.345 e. The Bertz CT molecular complexity index is 351. The minimum atomic E-state index is -0.0514. The average Bonchev–Trinajstić information content (AvgIpc) is 2.17. The monoisotopic (exact) mass is 210 g/mol. The second-order valence-corrected chi connectivity index (χ2v) is 2.89. The van der Waals surface area contributed by atoms with Gasteiger partial charge in [-0.2, -0.15) is 5.26 Å². The molecule has 74 valence electrons. The van der Waals surface area contributed by atoms with E-state index in [9.17, 15) is 4.79 Å². The van der Waals surface area contributed by atoms with Crippen LogP contribution < -0.4 is 0 Å². The molecule has 1 amide bonds. The van der Waals surface area contributed by atoms with Gasteiger partial charge >= 0.3 is 0 Å². The fourth-order valence-electron chi connectivity index (χ4n) is 0.946. The van der Waals surface area contributed by atoms with Gasteiger partial charge in [-0.1, -0.05) is 0 Å². The van der Waals surface area contributed by atoms with E-state index < -0.39 is 0 Å². The van der Waals surface area contributed by atoms with Crippen molar-refractivity contribution in [3.63, 3.8) is 0 Å². The molecule has 14 heavy (non-hydrogen) atoms. The second kappa shape index (κ2) is 5.25. The van der Waals surface area contributed by atoms with Crippen molar-refractivity contribution in [3.05, 3.63) is 35.4 Å². The predicted octanol–water partition coefficient (Wildman–Crippen LogP) is 1.68. The van der Waals surface area contributed by atoms with E-state index in [1.165, 1.54) is 4.90 Å². The Morgan fingerprint density at radius 3 is 2.14 bits per heavy atom. The zero-order chi connectivity index (χ0) is 9.84. The number of amides is 1. The minimum Gasteiger partial charge on any atom is -0.345 e. The van der Waals surface area contributed by atoms with Gasteiger partial charge in [-0.25, -0.2) is 0 Å². The highest BCUT2D eigenvalue weighted by Crippen LogP contribution is 2.04. The summed E-state index contributed by atoms with van der Waals surface area (Å²) < 4.78 is 0. The van der Waals surface area contributed by atoms with E-state index in [1.807, 2.05) is 6.07 Å². The molecule has 0 aliphatic carbocycles. The fourth-order valence-corrected chi connectivity index (χ4v) is 0.946. The molecule has 0 unspecified atom stereocenters. The lowest BCUT2D eigenvalue weighted by Crippen LogP contribution is -2.21. The Hall–Kier alpha value is -1.53. The number of carbonyl (C=O) groups is 1. The van der Waals surface area contributed by atoms with Crippen molar-refractivity contribution in [1.29, 1.82) is 5.26 Å². The average molecular weight is 211 g/mol. The van der Waals surface area contributed by atoms with Crippen LogP contribution in [0.15, 0.2) is 24.3 Å². The molecule has 0 bridgehead atoms. The SMILES string of the molecule is CN(C)C(=O)c1ccc(C#N)cc1.Cl. The fraction of sp³-hybridized carbons (Fsp3) is 0.200. The van der Waals surface area contributed by atoms with E-state index in [0.717, 1.165) is 0 Å². The molecule has 0 saturated heterocycles. The van der Waals surface area contributed by atoms with Crippen LogP contribution in [0.1, 0.15) is 15.9 Å². The summed E-state index contributed by atoms with van der Waals surface area (Å²) >= 11 is 0. The highest BCUT2D eigenvalue weighted by Gasteiger charge is 2.06. The van der Waals surface area contributed by atoms with Crippen LogP contribution in [0.5, 0.6) is 0 Å². The molecule has 0 heterocycles. The maximum Gasteiger partial charge on any atom is 0.253 e. The van der Waals surface area contributed by atoms with Gasteiger partial charge in [-0.05, 0) is 24.3 Å². The predicted molar refractivity (Wildman–Crippen MR) is 56.4 cm³/mol. The van der Waals surface area contributed by atoms with Crippen molar-refractivity contribution in [3.8, 4) is 6.07 Å². The highest BCUT2D eigenvalue weighted by molar-refractivity contribution is 5.93. The molecule has 1 aromatic rings. The van der Waals surface area contributed by atoms with E-state index in [1.54, 1.807) is 38.4 Å². The number of benzene rings is 1. The Morgan fingerprint density at radius 2 is 1.79 bits per heavy atom. The van der Waals surface area contributed by atoms with E-state index in [2.05, 4.69) is 0 Å². The van der Waals surface area contributed by atoms with Crippen molar-refractivity contribution in [2.45, 2.75) is 0 Å². The lowest BCUT2D eigenvalue weighted by atomic mass is 10.1. The lowest BCUT2D eigenvalue weighted by molar-refractivity contribution is 0.0827. The third-order valence-electron chi connectivity index (χ3n) is 1.67. The molecule has 0 N–H and O–H groups in total. The summed E-state index contributed by atoms with van der Waals surface area (Å²) in [5, 5.41) is 8.53. The first-order chi connectivity index (χ1) is 6.15. The van der Waals surface area contributed by atoms with Crippen LogP contribution in [0.4, 0.5) is 0 Å². The first-order valence-corrected chi connectivity index (χ1v) is 3.87.